The van der Waals surface area contributed by atoms with Crippen molar-refractivity contribution in [3.63, 3.8) is 0 Å². The summed E-state index contributed by atoms with van der Waals surface area (Å²) in [5.41, 5.74) is -0.158. The monoisotopic (exact) mass is 430 g/mol. The molecule has 4 aliphatic carbocycles. The predicted molar refractivity (Wildman–Crippen MR) is 112 cm³/mol. The van der Waals surface area contributed by atoms with Crippen molar-refractivity contribution in [2.24, 2.45) is 28.6 Å². The van der Waals surface area contributed by atoms with Crippen LogP contribution in [0, 0.1) is 28.6 Å². The van der Waals surface area contributed by atoms with Gasteiger partial charge >= 0.3 is 11.9 Å². The molecule has 3 saturated carbocycles. The topological polar surface area (TPSA) is 82.2 Å². The van der Waals surface area contributed by atoms with Gasteiger partial charge < -0.3 is 14.2 Å². The second-order valence-electron chi connectivity index (χ2n) is 11.0. The van der Waals surface area contributed by atoms with Gasteiger partial charge in [0.25, 0.3) is 0 Å². The van der Waals surface area contributed by atoms with E-state index in [1.54, 1.807) is 6.92 Å². The van der Waals surface area contributed by atoms with E-state index in [1.807, 2.05) is 6.08 Å². The second kappa shape index (κ2) is 6.66. The van der Waals surface area contributed by atoms with E-state index < -0.39 is 11.0 Å². The minimum absolute atomic E-state index is 0.00537. The molecule has 5 rings (SSSR count). The molecule has 0 aromatic carbocycles. The summed E-state index contributed by atoms with van der Waals surface area (Å²) in [6, 6.07) is 0. The average Bonchev–Trinajstić information content (AvgIpc) is 3.32. The first-order chi connectivity index (χ1) is 14.5. The molecule has 1 spiro atoms. The molecule has 0 unspecified atom stereocenters. The minimum atomic E-state index is -0.589. The molecular weight excluding hydrogens is 396 g/mol. The van der Waals surface area contributed by atoms with E-state index in [0.29, 0.717) is 17.8 Å². The molecule has 1 saturated heterocycles. The molecule has 1 aliphatic heterocycles. The molecule has 0 aromatic rings. The molecule has 0 amide bonds. The van der Waals surface area contributed by atoms with Crippen LogP contribution >= 0.6 is 0 Å². The fourth-order valence-electron chi connectivity index (χ4n) is 8.36. The van der Waals surface area contributed by atoms with Gasteiger partial charge in [-0.1, -0.05) is 6.92 Å². The quantitative estimate of drug-likeness (QED) is 0.501. The summed E-state index contributed by atoms with van der Waals surface area (Å²) in [5.74, 6) is 0.718. The second-order valence-corrected chi connectivity index (χ2v) is 11.0. The summed E-state index contributed by atoms with van der Waals surface area (Å²) in [6.07, 6.45) is 7.24. The smallest absolute Gasteiger partial charge is 0.302 e. The fourth-order valence-corrected chi connectivity index (χ4v) is 8.36. The van der Waals surface area contributed by atoms with Crippen molar-refractivity contribution in [2.45, 2.75) is 97.1 Å². The van der Waals surface area contributed by atoms with Gasteiger partial charge in [-0.15, -0.1) is 0 Å². The zero-order valence-electron chi connectivity index (χ0n) is 19.2. The number of rotatable bonds is 3. The molecule has 6 heteroatoms. The average molecular weight is 431 g/mol. The Morgan fingerprint density at radius 2 is 1.68 bits per heavy atom. The van der Waals surface area contributed by atoms with E-state index in [1.165, 1.54) is 13.8 Å². The maximum absolute atomic E-state index is 12.6. The molecule has 0 aromatic heterocycles. The number of ketones is 1. The van der Waals surface area contributed by atoms with Gasteiger partial charge in [-0.05, 0) is 81.6 Å². The first-order valence-electron chi connectivity index (χ1n) is 11.8. The Hall–Kier alpha value is -1.69. The van der Waals surface area contributed by atoms with Crippen LogP contribution in [0.4, 0.5) is 0 Å². The van der Waals surface area contributed by atoms with Gasteiger partial charge in [0.05, 0.1) is 5.41 Å². The Balaban J connectivity index is 1.50. The van der Waals surface area contributed by atoms with Crippen molar-refractivity contribution in [3.05, 3.63) is 11.6 Å². The predicted octanol–water partition coefficient (Wildman–Crippen LogP) is 3.76. The first-order valence-corrected chi connectivity index (χ1v) is 11.8. The zero-order chi connectivity index (χ0) is 22.3. The first kappa shape index (κ1) is 21.2. The standard InChI is InChI=1S/C25H34O6/c1-13(26)19-11-22-25(31-22)18-7-6-16-10-17(29-14(2)27)8-9-23(16,4)20(18)12-21(24(19,25)5)30-15(3)28/h11,16-18,20-22H,6-10,12H2,1-5H3/t16-,17-,18+,20-,21+,22+,23-,24-,25+/m0/s1. The summed E-state index contributed by atoms with van der Waals surface area (Å²) in [6.45, 7) is 9.02. The highest BCUT2D eigenvalue weighted by Crippen LogP contribution is 2.75. The van der Waals surface area contributed by atoms with Crippen molar-refractivity contribution in [1.29, 1.82) is 0 Å². The molecule has 1 heterocycles. The van der Waals surface area contributed by atoms with Gasteiger partial charge in [-0.25, -0.2) is 0 Å². The van der Waals surface area contributed by atoms with Gasteiger partial charge in [0, 0.05) is 19.4 Å². The molecule has 9 atom stereocenters. The molecule has 5 aliphatic rings. The maximum atomic E-state index is 12.6. The summed E-state index contributed by atoms with van der Waals surface area (Å²) in [5, 5.41) is 0. The lowest BCUT2D eigenvalue weighted by Crippen LogP contribution is -2.63. The van der Waals surface area contributed by atoms with E-state index in [9.17, 15) is 14.4 Å². The van der Waals surface area contributed by atoms with Crippen LogP contribution in [-0.4, -0.2) is 41.6 Å². The molecule has 6 nitrogen and oxygen atoms in total. The highest BCUT2D eigenvalue weighted by molar-refractivity contribution is 5.96. The Kier molecular flexibility index (Phi) is 4.55. The number of carbonyl (C=O) groups excluding carboxylic acids is 3. The van der Waals surface area contributed by atoms with Crippen LogP contribution < -0.4 is 0 Å². The van der Waals surface area contributed by atoms with E-state index in [-0.39, 0.29) is 41.4 Å². The Morgan fingerprint density at radius 3 is 2.32 bits per heavy atom. The third-order valence-electron chi connectivity index (χ3n) is 9.70. The van der Waals surface area contributed by atoms with E-state index in [0.717, 1.165) is 44.1 Å². The molecule has 170 valence electrons. The van der Waals surface area contributed by atoms with Gasteiger partial charge in [-0.2, -0.15) is 0 Å². The number of hydrogen-bond acceptors (Lipinski definition) is 6. The minimum Gasteiger partial charge on any atom is -0.463 e. The van der Waals surface area contributed by atoms with Crippen LogP contribution in [0.5, 0.6) is 0 Å². The lowest BCUT2D eigenvalue weighted by molar-refractivity contribution is -0.191. The molecule has 0 radical (unpaired) electrons. The van der Waals surface area contributed by atoms with Crippen molar-refractivity contribution in [2.75, 3.05) is 0 Å². The Labute approximate surface area is 184 Å². The van der Waals surface area contributed by atoms with Crippen molar-refractivity contribution in [1.82, 2.24) is 0 Å². The molecular formula is C25H34O6. The SMILES string of the molecule is CC(=O)O[C@H]1CC[C@@]2(C)[C@@H](CC[C@@H]3[C@@H]2C[C@@H](OC(C)=O)[C@]2(C)C(C(C)=O)=C[C@H]4O[C@]342)C1. The normalized spacial score (nSPS) is 49.5. The molecule has 0 bridgehead atoms. The number of epoxide rings is 1. The lowest BCUT2D eigenvalue weighted by Gasteiger charge is -2.62. The summed E-state index contributed by atoms with van der Waals surface area (Å²) in [4.78, 5) is 36.2. The van der Waals surface area contributed by atoms with E-state index in [4.69, 9.17) is 14.2 Å². The number of fused-ring (bicyclic) bond motifs is 3. The van der Waals surface area contributed by atoms with Gasteiger partial charge in [0.1, 0.15) is 23.9 Å². The third-order valence-corrected chi connectivity index (χ3v) is 9.70. The Bertz CT molecular complexity index is 877. The summed E-state index contributed by atoms with van der Waals surface area (Å²) < 4.78 is 17.9. The summed E-state index contributed by atoms with van der Waals surface area (Å²) in [7, 11) is 0. The van der Waals surface area contributed by atoms with Gasteiger partial charge in [0.2, 0.25) is 0 Å². The van der Waals surface area contributed by atoms with Crippen LogP contribution in [-0.2, 0) is 28.6 Å². The van der Waals surface area contributed by atoms with Crippen molar-refractivity contribution in [3.8, 4) is 0 Å². The number of ether oxygens (including phenoxy) is 3. The summed E-state index contributed by atoms with van der Waals surface area (Å²) >= 11 is 0. The molecule has 31 heavy (non-hydrogen) atoms. The molecule has 0 N–H and O–H groups in total. The third kappa shape index (κ3) is 2.69. The van der Waals surface area contributed by atoms with E-state index in [2.05, 4.69) is 13.8 Å². The van der Waals surface area contributed by atoms with Gasteiger partial charge in [0.15, 0.2) is 5.78 Å². The zero-order valence-corrected chi connectivity index (χ0v) is 19.2. The highest BCUT2D eigenvalue weighted by Gasteiger charge is 2.81. The van der Waals surface area contributed by atoms with E-state index >= 15 is 0 Å². The van der Waals surface area contributed by atoms with Crippen LogP contribution in [0.2, 0.25) is 0 Å². The van der Waals surface area contributed by atoms with Crippen LogP contribution in [0.25, 0.3) is 0 Å². The number of hydrogen-bond donors (Lipinski definition) is 0. The molecule has 4 fully saturated rings. The lowest BCUT2D eigenvalue weighted by atomic mass is 9.43. The largest absolute Gasteiger partial charge is 0.463 e. The van der Waals surface area contributed by atoms with Crippen LogP contribution in [0.3, 0.4) is 0 Å². The highest BCUT2D eigenvalue weighted by atomic mass is 16.6. The Morgan fingerprint density at radius 1 is 0.968 bits per heavy atom. The van der Waals surface area contributed by atoms with Crippen LogP contribution in [0.1, 0.15) is 73.1 Å². The number of esters is 2. The maximum Gasteiger partial charge on any atom is 0.302 e. The van der Waals surface area contributed by atoms with Crippen LogP contribution in [0.15, 0.2) is 11.6 Å². The van der Waals surface area contributed by atoms with Gasteiger partial charge in [-0.3, -0.25) is 14.4 Å². The number of Topliss-reactive ketones (excluding diaryl/α,β-unsaturated/α-hetero) is 1. The number of carbonyl (C=O) groups is 3. The van der Waals surface area contributed by atoms with Crippen molar-refractivity contribution < 1.29 is 28.6 Å². The fraction of sp³-hybridized carbons (Fsp3) is 0.800. The van der Waals surface area contributed by atoms with Crippen molar-refractivity contribution >= 4 is 17.7 Å².